The van der Waals surface area contributed by atoms with E-state index < -0.39 is 5.97 Å². The van der Waals surface area contributed by atoms with E-state index in [1.165, 1.54) is 0 Å². The molecule has 2 heterocycles. The lowest BCUT2D eigenvalue weighted by molar-refractivity contribution is 0.0517. The van der Waals surface area contributed by atoms with E-state index in [2.05, 4.69) is 26.2 Å². The van der Waals surface area contributed by atoms with Crippen molar-refractivity contribution in [2.75, 3.05) is 11.9 Å². The summed E-state index contributed by atoms with van der Waals surface area (Å²) < 4.78 is 7.88. The summed E-state index contributed by atoms with van der Waals surface area (Å²) in [6, 6.07) is 7.36. The summed E-state index contributed by atoms with van der Waals surface area (Å²) >= 11 is 9.68. The van der Waals surface area contributed by atoms with E-state index in [0.29, 0.717) is 28.7 Å². The minimum atomic E-state index is -0.396. The number of anilines is 2. The fourth-order valence-electron chi connectivity index (χ4n) is 2.58. The number of carbonyl (C=O) groups excluding carboxylic acids is 1. The van der Waals surface area contributed by atoms with Gasteiger partial charge in [-0.25, -0.2) is 4.79 Å². The number of rotatable bonds is 4. The van der Waals surface area contributed by atoms with E-state index in [1.807, 2.05) is 25.2 Å². The number of pyridine rings is 1. The van der Waals surface area contributed by atoms with Crippen LogP contribution in [0.5, 0.6) is 0 Å². The molecule has 0 aliphatic rings. The topological polar surface area (TPSA) is 56.1 Å². The highest BCUT2D eigenvalue weighted by Gasteiger charge is 2.23. The van der Waals surface area contributed by atoms with Crippen LogP contribution in [0, 0.1) is 0 Å². The molecule has 0 atom stereocenters. The first-order valence-corrected chi connectivity index (χ1v) is 8.51. The highest BCUT2D eigenvalue weighted by Crippen LogP contribution is 2.35. The molecule has 0 bridgehead atoms. The van der Waals surface area contributed by atoms with E-state index in [0.717, 1.165) is 15.4 Å². The van der Waals surface area contributed by atoms with Crippen LogP contribution in [0.4, 0.5) is 11.4 Å². The number of aryl methyl sites for hydroxylation is 1. The Labute approximate surface area is 152 Å². The molecule has 0 saturated heterocycles. The number of nitrogens with zero attached hydrogens (tertiary/aromatic N) is 2. The lowest BCUT2D eigenvalue weighted by Crippen LogP contribution is -2.11. The first kappa shape index (κ1) is 16.8. The van der Waals surface area contributed by atoms with E-state index in [1.54, 1.807) is 30.0 Å². The van der Waals surface area contributed by atoms with Gasteiger partial charge in [-0.3, -0.25) is 4.98 Å². The van der Waals surface area contributed by atoms with Gasteiger partial charge >= 0.3 is 5.97 Å². The van der Waals surface area contributed by atoms with Gasteiger partial charge in [-0.15, -0.1) is 0 Å². The molecule has 124 valence electrons. The molecule has 5 nitrogen and oxygen atoms in total. The first-order valence-electron chi connectivity index (χ1n) is 7.34. The highest BCUT2D eigenvalue weighted by atomic mass is 79.9. The van der Waals surface area contributed by atoms with Gasteiger partial charge in [-0.2, -0.15) is 0 Å². The van der Waals surface area contributed by atoms with Crippen molar-refractivity contribution in [3.05, 3.63) is 51.8 Å². The summed E-state index contributed by atoms with van der Waals surface area (Å²) in [5.74, 6) is -0.396. The third kappa shape index (κ3) is 2.99. The summed E-state index contributed by atoms with van der Waals surface area (Å²) in [6.45, 7) is 2.08. The Bertz CT molecular complexity index is 924. The van der Waals surface area contributed by atoms with E-state index in [4.69, 9.17) is 16.3 Å². The van der Waals surface area contributed by atoms with Crippen LogP contribution in [0.25, 0.3) is 10.9 Å². The predicted octanol–water partition coefficient (Wildman–Crippen LogP) is 4.91. The molecule has 2 aromatic heterocycles. The van der Waals surface area contributed by atoms with Crippen molar-refractivity contribution in [2.24, 2.45) is 7.05 Å². The summed E-state index contributed by atoms with van der Waals surface area (Å²) in [5.41, 5.74) is 2.63. The van der Waals surface area contributed by atoms with Gasteiger partial charge in [0.1, 0.15) is 0 Å². The minimum absolute atomic E-state index is 0.303. The molecule has 0 saturated carbocycles. The highest BCUT2D eigenvalue weighted by molar-refractivity contribution is 9.10. The van der Waals surface area contributed by atoms with Crippen molar-refractivity contribution in [3.8, 4) is 0 Å². The van der Waals surface area contributed by atoms with Crippen molar-refractivity contribution in [1.82, 2.24) is 9.55 Å². The maximum Gasteiger partial charge on any atom is 0.357 e. The number of benzene rings is 1. The zero-order valence-corrected chi connectivity index (χ0v) is 15.5. The summed E-state index contributed by atoms with van der Waals surface area (Å²) in [6.07, 6.45) is 3.40. The minimum Gasteiger partial charge on any atom is -0.461 e. The second-order valence-corrected chi connectivity index (χ2v) is 6.47. The second kappa shape index (κ2) is 6.83. The molecule has 1 aromatic carbocycles. The van der Waals surface area contributed by atoms with Gasteiger partial charge in [0.05, 0.1) is 28.5 Å². The number of fused-ring (bicyclic) bond motifs is 1. The lowest BCUT2D eigenvalue weighted by atomic mass is 10.2. The quantitative estimate of drug-likeness (QED) is 0.623. The standard InChI is InChI=1S/C17H15BrClN3O2/c1-3-24-17(23)16-15(11-9-20-7-6-14(11)22(16)2)21-13-5-4-10(18)8-12(13)19/h4-9,21H,3H2,1-2H3. The summed E-state index contributed by atoms with van der Waals surface area (Å²) in [7, 11) is 1.82. The number of ether oxygens (including phenoxy) is 1. The molecule has 0 amide bonds. The smallest absolute Gasteiger partial charge is 0.357 e. The van der Waals surface area contributed by atoms with Crippen LogP contribution in [0.3, 0.4) is 0 Å². The maximum absolute atomic E-state index is 12.4. The van der Waals surface area contributed by atoms with Crippen LogP contribution in [0.15, 0.2) is 41.1 Å². The molecule has 0 radical (unpaired) electrons. The fraction of sp³-hybridized carbons (Fsp3) is 0.176. The van der Waals surface area contributed by atoms with Gasteiger partial charge in [0.25, 0.3) is 0 Å². The Morgan fingerprint density at radius 1 is 1.42 bits per heavy atom. The SMILES string of the molecule is CCOC(=O)c1c(Nc2ccc(Br)cc2Cl)c2cnccc2n1C. The van der Waals surface area contributed by atoms with Crippen molar-refractivity contribution in [3.63, 3.8) is 0 Å². The number of hydrogen-bond donors (Lipinski definition) is 1. The first-order chi connectivity index (χ1) is 11.5. The largest absolute Gasteiger partial charge is 0.461 e. The monoisotopic (exact) mass is 407 g/mol. The van der Waals surface area contributed by atoms with Gasteiger partial charge in [0.15, 0.2) is 5.69 Å². The molecule has 0 aliphatic heterocycles. The Morgan fingerprint density at radius 3 is 2.92 bits per heavy atom. The van der Waals surface area contributed by atoms with E-state index in [9.17, 15) is 4.79 Å². The third-order valence-electron chi connectivity index (χ3n) is 3.66. The van der Waals surface area contributed by atoms with Crippen molar-refractivity contribution in [1.29, 1.82) is 0 Å². The number of aromatic nitrogens is 2. The maximum atomic E-state index is 12.4. The number of hydrogen-bond acceptors (Lipinski definition) is 4. The normalized spacial score (nSPS) is 10.8. The predicted molar refractivity (Wildman–Crippen MR) is 99.1 cm³/mol. The Kier molecular flexibility index (Phi) is 4.78. The zero-order valence-electron chi connectivity index (χ0n) is 13.1. The van der Waals surface area contributed by atoms with Gasteiger partial charge in [0.2, 0.25) is 0 Å². The molecule has 3 aromatic rings. The molecule has 0 fully saturated rings. The van der Waals surface area contributed by atoms with Crippen LogP contribution in [-0.2, 0) is 11.8 Å². The summed E-state index contributed by atoms with van der Waals surface area (Å²) in [4.78, 5) is 16.6. The number of nitrogens with one attached hydrogen (secondary N) is 1. The van der Waals surface area contributed by atoms with E-state index in [-0.39, 0.29) is 0 Å². The molecule has 0 spiro atoms. The average molecular weight is 409 g/mol. The molecular formula is C17H15BrClN3O2. The van der Waals surface area contributed by atoms with Crippen LogP contribution in [-0.4, -0.2) is 22.1 Å². The molecule has 1 N–H and O–H groups in total. The molecule has 0 aliphatic carbocycles. The Morgan fingerprint density at radius 2 is 2.21 bits per heavy atom. The molecule has 0 unspecified atom stereocenters. The zero-order chi connectivity index (χ0) is 17.3. The van der Waals surface area contributed by atoms with Gasteiger partial charge in [-0.1, -0.05) is 27.5 Å². The third-order valence-corrected chi connectivity index (χ3v) is 4.47. The molecule has 3 rings (SSSR count). The number of esters is 1. The molecule has 7 heteroatoms. The Hall–Kier alpha value is -2.05. The van der Waals surface area contributed by atoms with Crippen LogP contribution in [0.2, 0.25) is 5.02 Å². The van der Waals surface area contributed by atoms with Crippen LogP contribution < -0.4 is 5.32 Å². The lowest BCUT2D eigenvalue weighted by Gasteiger charge is -2.11. The van der Waals surface area contributed by atoms with Gasteiger partial charge < -0.3 is 14.6 Å². The summed E-state index contributed by atoms with van der Waals surface area (Å²) in [5, 5.41) is 4.62. The average Bonchev–Trinajstić information content (AvgIpc) is 2.83. The van der Waals surface area contributed by atoms with E-state index >= 15 is 0 Å². The van der Waals surface area contributed by atoms with Crippen LogP contribution >= 0.6 is 27.5 Å². The second-order valence-electron chi connectivity index (χ2n) is 5.15. The number of halogens is 2. The molecular weight excluding hydrogens is 394 g/mol. The molecule has 24 heavy (non-hydrogen) atoms. The van der Waals surface area contributed by atoms with Crippen molar-refractivity contribution >= 4 is 55.8 Å². The fourth-order valence-corrected chi connectivity index (χ4v) is 3.30. The number of carbonyl (C=O) groups is 1. The van der Waals surface area contributed by atoms with Crippen molar-refractivity contribution < 1.29 is 9.53 Å². The van der Waals surface area contributed by atoms with Gasteiger partial charge in [-0.05, 0) is 31.2 Å². The van der Waals surface area contributed by atoms with Crippen LogP contribution in [0.1, 0.15) is 17.4 Å². The Balaban J connectivity index is 2.18. The van der Waals surface area contributed by atoms with Crippen molar-refractivity contribution in [2.45, 2.75) is 6.92 Å². The van der Waals surface area contributed by atoms with Gasteiger partial charge in [0, 0.05) is 29.3 Å².